The zero-order valence-corrected chi connectivity index (χ0v) is 87.6. The predicted molar refractivity (Wildman–Crippen MR) is 571 cm³/mol. The van der Waals surface area contributed by atoms with Gasteiger partial charge >= 0.3 is 6.18 Å². The van der Waals surface area contributed by atoms with Gasteiger partial charge in [0, 0.05) is 106 Å². The number of hydrogen-bond donors (Lipinski definition) is 0. The van der Waals surface area contributed by atoms with Crippen LogP contribution in [0, 0.1) is 31.3 Å². The van der Waals surface area contributed by atoms with Gasteiger partial charge in [0.15, 0.2) is 28.2 Å². The Balaban J connectivity index is 0.000000146. The van der Waals surface area contributed by atoms with Gasteiger partial charge in [-0.3, -0.25) is 24.0 Å². The lowest BCUT2D eigenvalue weighted by Gasteiger charge is -2.25. The van der Waals surface area contributed by atoms with E-state index in [9.17, 15) is 50.3 Å². The Morgan fingerprint density at radius 3 is 1.11 bits per heavy atom. The quantitative estimate of drug-likeness (QED) is 0.0331. The first-order valence-corrected chi connectivity index (χ1v) is 52.1. The zero-order valence-electron chi connectivity index (χ0n) is 83.7. The molecule has 6 aromatic carbocycles. The van der Waals surface area contributed by atoms with Gasteiger partial charge in [-0.05, 0) is 220 Å². The highest BCUT2D eigenvalue weighted by Gasteiger charge is 2.39. The maximum absolute atomic E-state index is 14.7. The molecule has 768 valence electrons. The van der Waals surface area contributed by atoms with Crippen molar-refractivity contribution in [2.75, 3.05) is 13.1 Å². The number of hydrogen-bond acceptors (Lipinski definition) is 17. The molecule has 5 amide bonds. The molecule has 12 heterocycles. The van der Waals surface area contributed by atoms with Gasteiger partial charge in [-0.2, -0.15) is 13.2 Å². The SMILES string of the molecule is CCCCN(Cc1nc2cccnc2n1CCC)C(=O)c1cc(Cl)ccc1Cl.CCCN(Cc1nc2cccnc2n1CCC)C(=O)c1ccc(C)s1.CCCn1c(CN(Cc2ccc(F)cc2)C(=O)c2c(F)cccc2Cl)nc2cccnc21.CCCn1c(CN(Cc2ccccc2)C(=O)c2c(F)cccc2C(F)(F)F)nc2cccnc21.CCCn1c(CN(Cc2ccccc2)C(=O)c2sccc2C)nc2cccnc21. The van der Waals surface area contributed by atoms with Crippen LogP contribution in [0.5, 0.6) is 0 Å². The zero-order chi connectivity index (χ0) is 105. The summed E-state index contributed by atoms with van der Waals surface area (Å²) < 4.78 is 93.7. The van der Waals surface area contributed by atoms with Crippen molar-refractivity contribution in [2.24, 2.45) is 0 Å². The number of amides is 5. The van der Waals surface area contributed by atoms with Gasteiger partial charge in [0.2, 0.25) is 0 Å². The van der Waals surface area contributed by atoms with Crippen molar-refractivity contribution < 1.29 is 50.3 Å². The van der Waals surface area contributed by atoms with Crippen molar-refractivity contribution in [3.8, 4) is 0 Å². The van der Waals surface area contributed by atoms with Crippen LogP contribution in [0.2, 0.25) is 15.1 Å². The van der Waals surface area contributed by atoms with E-state index in [0.29, 0.717) is 107 Å². The van der Waals surface area contributed by atoms with Crippen LogP contribution in [0.3, 0.4) is 0 Å². The molecule has 0 bridgehead atoms. The van der Waals surface area contributed by atoms with Gasteiger partial charge in [-0.1, -0.05) is 175 Å². The number of pyridine rings is 5. The Labute approximate surface area is 877 Å². The molecule has 0 aliphatic carbocycles. The van der Waals surface area contributed by atoms with E-state index in [4.69, 9.17) is 49.8 Å². The number of thiophene rings is 2. The largest absolute Gasteiger partial charge is 0.417 e. The molecule has 18 rings (SSSR count). The van der Waals surface area contributed by atoms with E-state index in [-0.39, 0.29) is 60.3 Å². The number of fused-ring (bicyclic) bond motifs is 5. The standard InChI is InChI=1S/C25H22F4N4O.C24H21ClF2N4O.C23H24N4OS.C21H24Cl2N4O.C19H24N4OS/c1-2-14-33-21(31-20-12-7-13-30-23(20)33)16-32(15-17-8-4-3-5-9-17)24(34)22-18(25(27,28)29)10-6-11-19(22)26;1-2-13-31-21(29-20-7-4-12-28-23(20)31)15-30(14-16-8-10-17(26)11-9-16)24(32)22-18(25)5-3-6-19(22)27;1-3-13-27-20(25-19-10-7-12-24-22(19)27)16-26(15-18-8-5-4-6-9-18)23(28)21-17(2)11-14-29-21;1-3-5-12-26(21(28)16-13-15(22)8-9-17(16)23)14-19-25-18-7-6-10-24-20(18)27(19)11-4-2;1-4-11-22(19(24)16-9-8-14(3)25-16)13-17-21-15-7-6-10-20-18(15)23(17)12-5-2/h3-13H,2,14-16H2,1H3;3-12H,2,13-15H2,1H3;4-12,14H,3,13,15-16H2,1-2H3;6-10,13H,3-5,11-12,14H2,1-2H3;6-10H,4-5,11-13H2,1-3H3. The Morgan fingerprint density at radius 1 is 0.351 bits per heavy atom. The first kappa shape index (κ1) is 109. The van der Waals surface area contributed by atoms with Gasteiger partial charge in [0.25, 0.3) is 29.5 Å². The summed E-state index contributed by atoms with van der Waals surface area (Å²) in [6.07, 6.45) is 11.1. The molecule has 0 saturated carbocycles. The lowest BCUT2D eigenvalue weighted by Crippen LogP contribution is -2.33. The number of carbonyl (C=O) groups excluding carboxylic acids is 5. The van der Waals surface area contributed by atoms with Crippen LogP contribution in [0.4, 0.5) is 26.3 Å². The highest BCUT2D eigenvalue weighted by Crippen LogP contribution is 2.36. The second-order valence-corrected chi connectivity index (χ2v) is 38.7. The summed E-state index contributed by atoms with van der Waals surface area (Å²) in [6, 6.07) is 61.0. The van der Waals surface area contributed by atoms with E-state index < -0.39 is 40.8 Å². The summed E-state index contributed by atoms with van der Waals surface area (Å²) in [5.41, 5.74) is 9.32. The molecule has 0 N–H and O–H groups in total. The summed E-state index contributed by atoms with van der Waals surface area (Å²) in [5, 5.41) is 2.90. The first-order valence-electron chi connectivity index (χ1n) is 49.3. The van der Waals surface area contributed by atoms with E-state index >= 15 is 0 Å². The third kappa shape index (κ3) is 27.3. The van der Waals surface area contributed by atoms with Gasteiger partial charge < -0.3 is 47.3 Å². The second kappa shape index (κ2) is 52.3. The summed E-state index contributed by atoms with van der Waals surface area (Å²) in [6.45, 7) is 25.7. The minimum atomic E-state index is -4.88. The van der Waals surface area contributed by atoms with Gasteiger partial charge in [-0.15, -0.1) is 22.7 Å². The average molecular weight is 2110 g/mol. The molecular weight excluding hydrogens is 1990 g/mol. The van der Waals surface area contributed by atoms with Gasteiger partial charge in [-0.25, -0.2) is 63.0 Å². The molecule has 148 heavy (non-hydrogen) atoms. The fourth-order valence-corrected chi connectivity index (χ4v) is 19.5. The molecule has 18 aromatic rings. The molecule has 25 nitrogen and oxygen atoms in total. The maximum atomic E-state index is 14.7. The van der Waals surface area contributed by atoms with Crippen LogP contribution in [-0.2, 0) is 91.3 Å². The second-order valence-electron chi connectivity index (χ2n) is 35.2. The number of benzene rings is 6. The Bertz CT molecular complexity index is 7540. The van der Waals surface area contributed by atoms with Crippen molar-refractivity contribution in [3.63, 3.8) is 0 Å². The molecule has 0 aliphatic rings. The number of unbranched alkanes of at least 4 members (excludes halogenated alkanes) is 1. The molecule has 36 heteroatoms. The molecule has 0 fully saturated rings. The maximum Gasteiger partial charge on any atom is 0.417 e. The van der Waals surface area contributed by atoms with Gasteiger partial charge in [0.05, 0.1) is 74.8 Å². The average Bonchev–Trinajstić information content (AvgIpc) is 1.15. The van der Waals surface area contributed by atoms with Gasteiger partial charge in [0.1, 0.15) is 74.2 Å². The van der Waals surface area contributed by atoms with E-state index in [1.54, 1.807) is 126 Å². The number of aryl methyl sites for hydroxylation is 7. The number of rotatable bonds is 36. The lowest BCUT2D eigenvalue weighted by atomic mass is 10.0. The summed E-state index contributed by atoms with van der Waals surface area (Å²) in [5.74, 6) is -0.221. The van der Waals surface area contributed by atoms with Crippen LogP contribution in [0.15, 0.2) is 255 Å². The summed E-state index contributed by atoms with van der Waals surface area (Å²) in [4.78, 5) is 123. The van der Waals surface area contributed by atoms with Crippen molar-refractivity contribution in [1.82, 2.24) is 97.2 Å². The van der Waals surface area contributed by atoms with Crippen LogP contribution in [0.25, 0.3) is 55.8 Å². The number of nitrogens with zero attached hydrogens (tertiary/aromatic N) is 20. The Morgan fingerprint density at radius 2 is 0.736 bits per heavy atom. The topological polar surface area (TPSA) is 255 Å². The lowest BCUT2D eigenvalue weighted by molar-refractivity contribution is -0.138. The number of halogens is 9. The summed E-state index contributed by atoms with van der Waals surface area (Å²) >= 11 is 21.6. The van der Waals surface area contributed by atoms with Crippen LogP contribution < -0.4 is 0 Å². The minimum Gasteiger partial charge on any atom is -0.331 e. The monoisotopic (exact) mass is 2100 g/mol. The van der Waals surface area contributed by atoms with E-state index in [1.807, 2.05) is 131 Å². The molecule has 12 aromatic heterocycles. The molecule has 0 aliphatic heterocycles. The predicted octanol–water partition coefficient (Wildman–Crippen LogP) is 26.4. The first-order chi connectivity index (χ1) is 71.6. The fourth-order valence-electron chi connectivity index (χ4n) is 17.2. The fraction of sp³-hybridized carbons (Fsp3) is 0.295. The summed E-state index contributed by atoms with van der Waals surface area (Å²) in [7, 11) is 0. The number of carbonyl (C=O) groups is 5. The van der Waals surface area contributed by atoms with E-state index in [2.05, 4.69) is 95.3 Å². The normalized spacial score (nSPS) is 11.3. The minimum absolute atomic E-state index is 0.0198. The molecule has 0 saturated heterocycles. The third-order valence-corrected chi connectivity index (χ3v) is 27.0. The number of imidazole rings is 5. The van der Waals surface area contributed by atoms with Crippen molar-refractivity contribution in [1.29, 1.82) is 0 Å². The van der Waals surface area contributed by atoms with Crippen molar-refractivity contribution in [2.45, 2.75) is 205 Å². The van der Waals surface area contributed by atoms with Crippen LogP contribution in [0.1, 0.15) is 212 Å². The third-order valence-electron chi connectivity index (χ3n) is 24.1. The molecule has 0 unspecified atom stereocenters. The molecule has 0 radical (unpaired) electrons. The molecule has 0 atom stereocenters. The number of alkyl halides is 3. The number of aromatic nitrogens is 15. The Hall–Kier alpha value is -14.4. The Kier molecular flexibility index (Phi) is 38.6. The van der Waals surface area contributed by atoms with E-state index in [0.717, 1.165) is 172 Å². The highest BCUT2D eigenvalue weighted by molar-refractivity contribution is 7.14. The molecular formula is C112H115Cl3F6N20O5S2. The van der Waals surface area contributed by atoms with E-state index in [1.165, 1.54) is 51.5 Å². The smallest absolute Gasteiger partial charge is 0.331 e. The highest BCUT2D eigenvalue weighted by atomic mass is 35.5. The van der Waals surface area contributed by atoms with Crippen LogP contribution >= 0.6 is 57.5 Å². The molecule has 0 spiro atoms. The van der Waals surface area contributed by atoms with Crippen LogP contribution in [-0.4, -0.2) is 140 Å². The van der Waals surface area contributed by atoms with Crippen molar-refractivity contribution >= 4 is 143 Å². The van der Waals surface area contributed by atoms with Crippen molar-refractivity contribution in [3.05, 3.63) is 376 Å².